The molecule has 9 nitrogen and oxygen atoms in total. The Labute approximate surface area is 151 Å². The van der Waals surface area contributed by atoms with Crippen LogP contribution in [0.4, 0.5) is 11.6 Å². The summed E-state index contributed by atoms with van der Waals surface area (Å²) in [7, 11) is 3.60. The largest absolute Gasteiger partial charge is 0.338 e. The molecule has 1 N–H and O–H groups in total. The van der Waals surface area contributed by atoms with Gasteiger partial charge in [0.1, 0.15) is 5.69 Å². The summed E-state index contributed by atoms with van der Waals surface area (Å²) in [5.74, 6) is 0.286. The normalized spacial score (nSPS) is 15.2. The van der Waals surface area contributed by atoms with Gasteiger partial charge in [0.25, 0.3) is 11.5 Å². The first-order valence-corrected chi connectivity index (χ1v) is 8.49. The molecule has 1 aliphatic rings. The molecule has 9 heteroatoms. The minimum absolute atomic E-state index is 0.161. The van der Waals surface area contributed by atoms with Crippen molar-refractivity contribution >= 4 is 17.5 Å². The summed E-state index contributed by atoms with van der Waals surface area (Å²) in [6.45, 7) is 7.39. The summed E-state index contributed by atoms with van der Waals surface area (Å²) >= 11 is 0. The van der Waals surface area contributed by atoms with Gasteiger partial charge >= 0.3 is 0 Å². The van der Waals surface area contributed by atoms with E-state index in [1.165, 1.54) is 19.2 Å². The van der Waals surface area contributed by atoms with Gasteiger partial charge < -0.3 is 15.1 Å². The Kier molecular flexibility index (Phi) is 4.99. The maximum absolute atomic E-state index is 12.4. The average molecular weight is 357 g/mol. The number of aryl methyl sites for hydroxylation is 3. The van der Waals surface area contributed by atoms with Crippen LogP contribution in [-0.4, -0.2) is 63.8 Å². The third-order valence-corrected chi connectivity index (χ3v) is 4.48. The topological polar surface area (TPSA) is 96.3 Å². The second-order valence-electron chi connectivity index (χ2n) is 6.49. The maximum Gasteiger partial charge on any atom is 0.276 e. The van der Waals surface area contributed by atoms with Gasteiger partial charge in [-0.15, -0.1) is 0 Å². The number of carbonyl (C=O) groups excluding carboxylic acids is 1. The van der Waals surface area contributed by atoms with E-state index in [9.17, 15) is 9.59 Å². The van der Waals surface area contributed by atoms with Crippen molar-refractivity contribution in [3.63, 3.8) is 0 Å². The van der Waals surface area contributed by atoms with Gasteiger partial charge in [-0.05, 0) is 27.0 Å². The average Bonchev–Trinajstić information content (AvgIpc) is 2.60. The number of anilines is 2. The summed E-state index contributed by atoms with van der Waals surface area (Å²) < 4.78 is 1.13. The molecule has 138 valence electrons. The Morgan fingerprint density at radius 2 is 1.65 bits per heavy atom. The fourth-order valence-corrected chi connectivity index (χ4v) is 2.83. The van der Waals surface area contributed by atoms with Gasteiger partial charge in [-0.2, -0.15) is 5.10 Å². The first-order valence-electron chi connectivity index (χ1n) is 8.49. The molecule has 0 saturated carbocycles. The molecule has 3 rings (SSSR count). The summed E-state index contributed by atoms with van der Waals surface area (Å²) in [5.41, 5.74) is 1.86. The van der Waals surface area contributed by atoms with Gasteiger partial charge in [0.05, 0.1) is 17.1 Å². The Bertz CT molecular complexity index is 862. The highest BCUT2D eigenvalue weighted by Gasteiger charge is 2.20. The van der Waals surface area contributed by atoms with Crippen LogP contribution < -0.4 is 15.8 Å². The van der Waals surface area contributed by atoms with E-state index >= 15 is 0 Å². The van der Waals surface area contributed by atoms with Crippen molar-refractivity contribution in [2.24, 2.45) is 7.05 Å². The summed E-state index contributed by atoms with van der Waals surface area (Å²) in [5, 5.41) is 6.77. The van der Waals surface area contributed by atoms with E-state index in [1.807, 2.05) is 13.8 Å². The van der Waals surface area contributed by atoms with Crippen LogP contribution in [-0.2, 0) is 7.05 Å². The number of piperazine rings is 1. The number of aromatic nitrogens is 4. The minimum Gasteiger partial charge on any atom is -0.338 e. The molecule has 0 radical (unpaired) electrons. The maximum atomic E-state index is 12.4. The number of hydrogen-bond donors (Lipinski definition) is 1. The predicted octanol–water partition coefficient (Wildman–Crippen LogP) is 0.191. The van der Waals surface area contributed by atoms with Crippen molar-refractivity contribution in [3.05, 3.63) is 39.6 Å². The molecule has 1 saturated heterocycles. The van der Waals surface area contributed by atoms with E-state index in [4.69, 9.17) is 0 Å². The number of hydrogen-bond acceptors (Lipinski definition) is 7. The lowest BCUT2D eigenvalue weighted by molar-refractivity contribution is 0.101. The molecule has 0 atom stereocenters. The van der Waals surface area contributed by atoms with E-state index in [0.29, 0.717) is 23.0 Å². The van der Waals surface area contributed by atoms with E-state index in [-0.39, 0.29) is 11.3 Å². The second kappa shape index (κ2) is 7.20. The van der Waals surface area contributed by atoms with E-state index in [2.05, 4.69) is 37.2 Å². The SMILES string of the molecule is Cc1nc(N2CCN(C)CC2)nc(C)c1NC(=O)c1ccc(=O)n(C)n1. The third kappa shape index (κ3) is 3.72. The van der Waals surface area contributed by atoms with Crippen molar-refractivity contribution in [2.75, 3.05) is 43.4 Å². The first kappa shape index (κ1) is 18.0. The third-order valence-electron chi connectivity index (χ3n) is 4.48. The molecule has 0 aliphatic carbocycles. The van der Waals surface area contributed by atoms with E-state index < -0.39 is 5.91 Å². The fourth-order valence-electron chi connectivity index (χ4n) is 2.83. The molecule has 2 aromatic heterocycles. The molecule has 0 spiro atoms. The Morgan fingerprint density at radius 1 is 1.04 bits per heavy atom. The fraction of sp³-hybridized carbons (Fsp3) is 0.471. The van der Waals surface area contributed by atoms with Crippen molar-refractivity contribution in [2.45, 2.75) is 13.8 Å². The number of nitrogens with one attached hydrogen (secondary N) is 1. The lowest BCUT2D eigenvalue weighted by Crippen LogP contribution is -2.45. The molecule has 3 heterocycles. The number of carbonyl (C=O) groups is 1. The molecular weight excluding hydrogens is 334 g/mol. The Hall–Kier alpha value is -2.81. The van der Waals surface area contributed by atoms with Crippen LogP contribution in [0, 0.1) is 13.8 Å². The second-order valence-corrected chi connectivity index (χ2v) is 6.49. The van der Waals surface area contributed by atoms with Crippen LogP contribution in [0.25, 0.3) is 0 Å². The Morgan fingerprint density at radius 3 is 2.23 bits per heavy atom. The van der Waals surface area contributed by atoms with Gasteiger partial charge in [-0.1, -0.05) is 0 Å². The quantitative estimate of drug-likeness (QED) is 0.838. The van der Waals surface area contributed by atoms with Gasteiger partial charge in [0.15, 0.2) is 0 Å². The number of rotatable bonds is 3. The molecule has 1 aliphatic heterocycles. The lowest BCUT2D eigenvalue weighted by atomic mass is 10.2. The van der Waals surface area contributed by atoms with Crippen LogP contribution in [0.2, 0.25) is 0 Å². The van der Waals surface area contributed by atoms with Gasteiger partial charge in [0, 0.05) is 39.3 Å². The predicted molar refractivity (Wildman–Crippen MR) is 98.6 cm³/mol. The zero-order valence-electron chi connectivity index (χ0n) is 15.5. The highest BCUT2D eigenvalue weighted by Crippen LogP contribution is 2.21. The summed E-state index contributed by atoms with van der Waals surface area (Å²) in [6, 6.07) is 2.72. The van der Waals surface area contributed by atoms with E-state index in [1.54, 1.807) is 0 Å². The summed E-state index contributed by atoms with van der Waals surface area (Å²) in [6.07, 6.45) is 0. The zero-order chi connectivity index (χ0) is 18.8. The molecule has 26 heavy (non-hydrogen) atoms. The van der Waals surface area contributed by atoms with Gasteiger partial charge in [-0.25, -0.2) is 14.6 Å². The van der Waals surface area contributed by atoms with Crippen molar-refractivity contribution < 1.29 is 4.79 Å². The number of likely N-dealkylation sites (N-methyl/N-ethyl adjacent to an activating group) is 1. The smallest absolute Gasteiger partial charge is 0.276 e. The molecule has 1 fully saturated rings. The van der Waals surface area contributed by atoms with Crippen molar-refractivity contribution in [1.82, 2.24) is 24.6 Å². The van der Waals surface area contributed by atoms with Crippen LogP contribution >= 0.6 is 0 Å². The number of nitrogens with zero attached hydrogens (tertiary/aromatic N) is 6. The molecule has 2 aromatic rings. The first-order chi connectivity index (χ1) is 12.3. The van der Waals surface area contributed by atoms with Crippen LogP contribution in [0.5, 0.6) is 0 Å². The lowest BCUT2D eigenvalue weighted by Gasteiger charge is -2.32. The van der Waals surface area contributed by atoms with E-state index in [0.717, 1.165) is 30.9 Å². The van der Waals surface area contributed by atoms with Crippen molar-refractivity contribution in [1.29, 1.82) is 0 Å². The molecule has 1 amide bonds. The molecule has 0 unspecified atom stereocenters. The van der Waals surface area contributed by atoms with Gasteiger partial charge in [-0.3, -0.25) is 9.59 Å². The standard InChI is InChI=1S/C17H23N7O2/c1-11-15(20-16(26)13-5-6-14(25)23(4)21-13)12(2)19-17(18-11)24-9-7-22(3)8-10-24/h5-6H,7-10H2,1-4H3,(H,20,26). The van der Waals surface area contributed by atoms with Crippen LogP contribution in [0.3, 0.4) is 0 Å². The highest BCUT2D eigenvalue weighted by molar-refractivity contribution is 6.03. The molecular formula is C17H23N7O2. The van der Waals surface area contributed by atoms with Gasteiger partial charge in [0.2, 0.25) is 5.95 Å². The van der Waals surface area contributed by atoms with Crippen LogP contribution in [0.1, 0.15) is 21.9 Å². The summed E-state index contributed by atoms with van der Waals surface area (Å²) in [4.78, 5) is 37.4. The van der Waals surface area contributed by atoms with Crippen LogP contribution in [0.15, 0.2) is 16.9 Å². The molecule has 0 bridgehead atoms. The molecule has 0 aromatic carbocycles. The zero-order valence-corrected chi connectivity index (χ0v) is 15.5. The van der Waals surface area contributed by atoms with Crippen molar-refractivity contribution in [3.8, 4) is 0 Å². The minimum atomic E-state index is -0.400. The Balaban J connectivity index is 1.81. The monoisotopic (exact) mass is 357 g/mol. The highest BCUT2D eigenvalue weighted by atomic mass is 16.2. The number of amides is 1.